The van der Waals surface area contributed by atoms with Crippen LogP contribution in [0.25, 0.3) is 0 Å². The summed E-state index contributed by atoms with van der Waals surface area (Å²) in [6, 6.07) is 8.21. The van der Waals surface area contributed by atoms with Crippen molar-refractivity contribution in [1.82, 2.24) is 14.8 Å². The summed E-state index contributed by atoms with van der Waals surface area (Å²) in [5.74, 6) is 2.46. The maximum absolute atomic E-state index is 5.78. The molecule has 2 aromatic rings. The average Bonchev–Trinajstić information content (AvgIpc) is 2.87. The fourth-order valence-corrected chi connectivity index (χ4v) is 2.25. The van der Waals surface area contributed by atoms with Gasteiger partial charge in [-0.1, -0.05) is 32.9 Å². The van der Waals surface area contributed by atoms with Crippen LogP contribution >= 0.6 is 0 Å². The lowest BCUT2D eigenvalue weighted by Gasteiger charge is -2.19. The molecule has 1 aromatic carbocycles. The van der Waals surface area contributed by atoms with Crippen molar-refractivity contribution in [2.45, 2.75) is 52.7 Å². The van der Waals surface area contributed by atoms with Crippen LogP contribution in [0.3, 0.4) is 0 Å². The third kappa shape index (κ3) is 4.07. The van der Waals surface area contributed by atoms with Gasteiger partial charge in [0.05, 0.1) is 0 Å². The maximum Gasteiger partial charge on any atom is 0.188 e. The molecule has 0 amide bonds. The number of hydrogen-bond acceptors (Lipinski definition) is 4. The van der Waals surface area contributed by atoms with Crippen LogP contribution in [0.2, 0.25) is 0 Å². The second kappa shape index (κ2) is 6.92. The van der Waals surface area contributed by atoms with Gasteiger partial charge in [0.2, 0.25) is 0 Å². The Morgan fingerprint density at radius 3 is 2.41 bits per heavy atom. The van der Waals surface area contributed by atoms with Crippen molar-refractivity contribution in [1.29, 1.82) is 0 Å². The second-order valence-electron chi connectivity index (χ2n) is 6.36. The van der Waals surface area contributed by atoms with Crippen LogP contribution in [0.1, 0.15) is 44.9 Å². The Balaban J connectivity index is 2.01. The van der Waals surface area contributed by atoms with Gasteiger partial charge in [-0.3, -0.25) is 0 Å². The predicted molar refractivity (Wildman–Crippen MR) is 87.9 cm³/mol. The molecule has 0 aliphatic rings. The number of rotatable bonds is 6. The number of nitrogens with zero attached hydrogens (tertiary/aromatic N) is 3. The minimum absolute atomic E-state index is 0.150. The zero-order valence-electron chi connectivity index (χ0n) is 14.0. The molecule has 0 bridgehead atoms. The molecule has 5 nitrogen and oxygen atoms in total. The normalized spacial score (nSPS) is 11.7. The Morgan fingerprint density at radius 2 is 1.86 bits per heavy atom. The van der Waals surface area contributed by atoms with Gasteiger partial charge >= 0.3 is 0 Å². The summed E-state index contributed by atoms with van der Waals surface area (Å²) in [5.41, 5.74) is 7.04. The highest BCUT2D eigenvalue weighted by molar-refractivity contribution is 5.31. The summed E-state index contributed by atoms with van der Waals surface area (Å²) in [4.78, 5) is 4.49. The first kappa shape index (κ1) is 16.5. The molecule has 120 valence electrons. The van der Waals surface area contributed by atoms with Crippen LogP contribution in [0.4, 0.5) is 0 Å². The van der Waals surface area contributed by atoms with Gasteiger partial charge in [-0.15, -0.1) is 0 Å². The largest absolute Gasteiger partial charge is 0.486 e. The van der Waals surface area contributed by atoms with E-state index < -0.39 is 0 Å². The van der Waals surface area contributed by atoms with Crippen molar-refractivity contribution in [2.24, 2.45) is 5.73 Å². The smallest absolute Gasteiger partial charge is 0.188 e. The van der Waals surface area contributed by atoms with E-state index in [1.54, 1.807) is 0 Å². The molecule has 2 N–H and O–H groups in total. The molecule has 0 spiro atoms. The minimum Gasteiger partial charge on any atom is -0.486 e. The fraction of sp³-hybridized carbons (Fsp3) is 0.529. The highest BCUT2D eigenvalue weighted by Crippen LogP contribution is 2.24. The zero-order valence-corrected chi connectivity index (χ0v) is 14.0. The van der Waals surface area contributed by atoms with E-state index in [1.807, 2.05) is 23.7 Å². The third-order valence-electron chi connectivity index (χ3n) is 3.55. The summed E-state index contributed by atoms with van der Waals surface area (Å²) in [6.07, 6.45) is 0.737. The molecule has 0 aliphatic heterocycles. The molecule has 5 heteroatoms. The van der Waals surface area contributed by atoms with Crippen molar-refractivity contribution in [3.05, 3.63) is 41.5 Å². The van der Waals surface area contributed by atoms with Crippen LogP contribution < -0.4 is 10.5 Å². The van der Waals surface area contributed by atoms with E-state index in [1.165, 1.54) is 5.56 Å². The van der Waals surface area contributed by atoms with Gasteiger partial charge < -0.3 is 10.5 Å². The average molecular weight is 302 g/mol. The number of aromatic nitrogens is 3. The van der Waals surface area contributed by atoms with Crippen LogP contribution in [-0.4, -0.2) is 21.3 Å². The number of benzene rings is 1. The molecule has 22 heavy (non-hydrogen) atoms. The highest BCUT2D eigenvalue weighted by Gasteiger charge is 2.13. The number of hydrogen-bond donors (Lipinski definition) is 1. The second-order valence-corrected chi connectivity index (χ2v) is 6.36. The van der Waals surface area contributed by atoms with E-state index in [9.17, 15) is 0 Å². The SMILES string of the molecule is CCn1nc(COc2ccc(C(C)(C)C)cc2)nc1CCN. The summed E-state index contributed by atoms with van der Waals surface area (Å²) in [6.45, 7) is 10.4. The third-order valence-corrected chi connectivity index (χ3v) is 3.55. The van der Waals surface area contributed by atoms with Gasteiger partial charge in [0.25, 0.3) is 0 Å². The van der Waals surface area contributed by atoms with E-state index in [2.05, 4.69) is 43.0 Å². The van der Waals surface area contributed by atoms with Crippen molar-refractivity contribution < 1.29 is 4.74 Å². The maximum atomic E-state index is 5.78. The molecule has 2 rings (SSSR count). The molecule has 0 unspecified atom stereocenters. The Bertz CT molecular complexity index is 596. The van der Waals surface area contributed by atoms with Crippen LogP contribution in [0, 0.1) is 0 Å². The highest BCUT2D eigenvalue weighted by atomic mass is 16.5. The number of ether oxygens (including phenoxy) is 1. The Hall–Kier alpha value is -1.88. The van der Waals surface area contributed by atoms with Gasteiger partial charge in [0.1, 0.15) is 18.2 Å². The summed E-state index contributed by atoms with van der Waals surface area (Å²) < 4.78 is 7.66. The van der Waals surface area contributed by atoms with Crippen molar-refractivity contribution in [3.8, 4) is 5.75 Å². The van der Waals surface area contributed by atoms with Gasteiger partial charge in [-0.2, -0.15) is 5.10 Å². The minimum atomic E-state index is 0.150. The van der Waals surface area contributed by atoms with E-state index in [0.29, 0.717) is 19.0 Å². The lowest BCUT2D eigenvalue weighted by molar-refractivity contribution is 0.295. The Morgan fingerprint density at radius 1 is 1.18 bits per heavy atom. The summed E-state index contributed by atoms with van der Waals surface area (Å²) in [5, 5.41) is 4.44. The van der Waals surface area contributed by atoms with Gasteiger partial charge in [0, 0.05) is 13.0 Å². The van der Waals surface area contributed by atoms with Gasteiger partial charge in [-0.05, 0) is 36.6 Å². The topological polar surface area (TPSA) is 66.0 Å². The van der Waals surface area contributed by atoms with Crippen molar-refractivity contribution >= 4 is 0 Å². The van der Waals surface area contributed by atoms with Crippen LogP contribution in [0.5, 0.6) is 5.75 Å². The van der Waals surface area contributed by atoms with E-state index in [-0.39, 0.29) is 5.41 Å². The van der Waals surface area contributed by atoms with E-state index in [0.717, 1.165) is 24.5 Å². The molecule has 0 saturated carbocycles. The fourth-order valence-electron chi connectivity index (χ4n) is 2.25. The lowest BCUT2D eigenvalue weighted by atomic mass is 9.87. The molecule has 0 radical (unpaired) electrons. The van der Waals surface area contributed by atoms with E-state index >= 15 is 0 Å². The standard InChI is InChI=1S/C17H26N4O/c1-5-21-16(10-11-18)19-15(20-21)12-22-14-8-6-13(7-9-14)17(2,3)4/h6-9H,5,10-12,18H2,1-4H3. The summed E-state index contributed by atoms with van der Waals surface area (Å²) in [7, 11) is 0. The molecule has 0 atom stereocenters. The molecular weight excluding hydrogens is 276 g/mol. The van der Waals surface area contributed by atoms with Gasteiger partial charge in [-0.25, -0.2) is 9.67 Å². The van der Waals surface area contributed by atoms with Crippen molar-refractivity contribution in [2.75, 3.05) is 6.54 Å². The quantitative estimate of drug-likeness (QED) is 0.891. The molecule has 0 fully saturated rings. The first-order chi connectivity index (χ1) is 10.4. The molecule has 0 saturated heterocycles. The van der Waals surface area contributed by atoms with E-state index in [4.69, 9.17) is 10.5 Å². The Labute approximate surface area is 132 Å². The van der Waals surface area contributed by atoms with Crippen molar-refractivity contribution in [3.63, 3.8) is 0 Å². The summed E-state index contributed by atoms with van der Waals surface area (Å²) >= 11 is 0. The zero-order chi connectivity index (χ0) is 16.2. The molecular formula is C17H26N4O. The monoisotopic (exact) mass is 302 g/mol. The molecule has 1 heterocycles. The van der Waals surface area contributed by atoms with Crippen LogP contribution in [0.15, 0.2) is 24.3 Å². The van der Waals surface area contributed by atoms with Crippen LogP contribution in [-0.2, 0) is 25.0 Å². The lowest BCUT2D eigenvalue weighted by Crippen LogP contribution is -2.10. The first-order valence-electron chi connectivity index (χ1n) is 7.80. The van der Waals surface area contributed by atoms with Gasteiger partial charge in [0.15, 0.2) is 5.82 Å². The number of nitrogens with two attached hydrogens (primary N) is 1. The Kier molecular flexibility index (Phi) is 5.19. The molecule has 1 aromatic heterocycles. The first-order valence-corrected chi connectivity index (χ1v) is 7.80. The molecule has 0 aliphatic carbocycles. The predicted octanol–water partition coefficient (Wildman–Crippen LogP) is 2.68. The number of aryl methyl sites for hydroxylation is 1.